The van der Waals surface area contributed by atoms with Crippen molar-refractivity contribution in [3.63, 3.8) is 0 Å². The van der Waals surface area contributed by atoms with Crippen LogP contribution in [-0.2, 0) is 4.74 Å². The van der Waals surface area contributed by atoms with Gasteiger partial charge in [-0.25, -0.2) is 9.78 Å². The first-order valence-electron chi connectivity index (χ1n) is 7.65. The number of hydrogen-bond acceptors (Lipinski definition) is 5. The number of carbonyl (C=O) groups excluding carboxylic acids is 1. The van der Waals surface area contributed by atoms with E-state index in [-0.39, 0.29) is 12.1 Å². The highest BCUT2D eigenvalue weighted by molar-refractivity contribution is 5.88. The standard InChI is InChI=1S/C15H22N4O2/c1-10(2)13-9-21-15(20)19(13)14-8-17-12(7-18-14)11-3-5-16-6-4-11/h7-8,10-11,13,16H,3-6,9H2,1-2H3/t13-/m0/s1. The second-order valence-corrected chi connectivity index (χ2v) is 6.08. The van der Waals surface area contributed by atoms with E-state index in [4.69, 9.17) is 4.74 Å². The number of aromatic nitrogens is 2. The molecule has 6 nitrogen and oxygen atoms in total. The van der Waals surface area contributed by atoms with Gasteiger partial charge in [0.1, 0.15) is 6.61 Å². The molecule has 2 aliphatic heterocycles. The third-order valence-electron chi connectivity index (χ3n) is 4.34. The summed E-state index contributed by atoms with van der Waals surface area (Å²) in [6.07, 6.45) is 5.38. The second-order valence-electron chi connectivity index (χ2n) is 6.08. The van der Waals surface area contributed by atoms with Crippen molar-refractivity contribution in [2.45, 2.75) is 38.6 Å². The monoisotopic (exact) mass is 290 g/mol. The van der Waals surface area contributed by atoms with Crippen molar-refractivity contribution in [2.75, 3.05) is 24.6 Å². The summed E-state index contributed by atoms with van der Waals surface area (Å²) in [5, 5.41) is 3.35. The van der Waals surface area contributed by atoms with Gasteiger partial charge >= 0.3 is 6.09 Å². The van der Waals surface area contributed by atoms with E-state index in [2.05, 4.69) is 29.1 Å². The van der Waals surface area contributed by atoms with Crippen molar-refractivity contribution in [1.82, 2.24) is 15.3 Å². The lowest BCUT2D eigenvalue weighted by Crippen LogP contribution is -2.37. The molecule has 1 N–H and O–H groups in total. The molecule has 0 aliphatic carbocycles. The zero-order valence-electron chi connectivity index (χ0n) is 12.6. The predicted molar refractivity (Wildman–Crippen MR) is 79.3 cm³/mol. The van der Waals surface area contributed by atoms with Crippen LogP contribution in [0, 0.1) is 5.92 Å². The quantitative estimate of drug-likeness (QED) is 0.921. The van der Waals surface area contributed by atoms with Crippen LogP contribution in [0.4, 0.5) is 10.6 Å². The van der Waals surface area contributed by atoms with Gasteiger partial charge in [0.05, 0.1) is 24.1 Å². The molecule has 3 rings (SSSR count). The lowest BCUT2D eigenvalue weighted by atomic mass is 9.95. The predicted octanol–water partition coefficient (Wildman–Crippen LogP) is 1.92. The molecule has 21 heavy (non-hydrogen) atoms. The molecule has 0 aromatic carbocycles. The van der Waals surface area contributed by atoms with Gasteiger partial charge in [-0.2, -0.15) is 0 Å². The molecular formula is C15H22N4O2. The Morgan fingerprint density at radius 3 is 2.67 bits per heavy atom. The van der Waals surface area contributed by atoms with E-state index in [9.17, 15) is 4.79 Å². The van der Waals surface area contributed by atoms with Gasteiger partial charge in [-0.05, 0) is 31.8 Å². The van der Waals surface area contributed by atoms with Crippen molar-refractivity contribution in [2.24, 2.45) is 5.92 Å². The van der Waals surface area contributed by atoms with E-state index in [1.807, 2.05) is 6.20 Å². The van der Waals surface area contributed by atoms with E-state index >= 15 is 0 Å². The van der Waals surface area contributed by atoms with Gasteiger partial charge in [0.2, 0.25) is 0 Å². The first kappa shape index (κ1) is 14.3. The van der Waals surface area contributed by atoms with Gasteiger partial charge in [0.15, 0.2) is 5.82 Å². The molecule has 1 atom stereocenters. The Labute approximate surface area is 124 Å². The molecule has 2 saturated heterocycles. The summed E-state index contributed by atoms with van der Waals surface area (Å²) < 4.78 is 5.15. The molecule has 2 fully saturated rings. The normalized spacial score (nSPS) is 23.7. The van der Waals surface area contributed by atoms with Gasteiger partial charge in [-0.15, -0.1) is 0 Å². The summed E-state index contributed by atoms with van der Waals surface area (Å²) in [5.74, 6) is 1.38. The smallest absolute Gasteiger partial charge is 0.415 e. The minimum atomic E-state index is -0.322. The Bertz CT molecular complexity index is 497. The topological polar surface area (TPSA) is 67.3 Å². The van der Waals surface area contributed by atoms with Crippen LogP contribution in [0.1, 0.15) is 38.3 Å². The molecule has 0 bridgehead atoms. The van der Waals surface area contributed by atoms with Crippen molar-refractivity contribution >= 4 is 11.9 Å². The summed E-state index contributed by atoms with van der Waals surface area (Å²) in [5.41, 5.74) is 1.02. The lowest BCUT2D eigenvalue weighted by molar-refractivity contribution is 0.177. The fourth-order valence-electron chi connectivity index (χ4n) is 2.97. The molecule has 1 aromatic rings. The number of rotatable bonds is 3. The highest BCUT2D eigenvalue weighted by atomic mass is 16.6. The van der Waals surface area contributed by atoms with Gasteiger partial charge in [0, 0.05) is 5.92 Å². The maximum atomic E-state index is 11.9. The van der Waals surface area contributed by atoms with Crippen molar-refractivity contribution < 1.29 is 9.53 Å². The lowest BCUT2D eigenvalue weighted by Gasteiger charge is -2.24. The first-order chi connectivity index (χ1) is 10.2. The number of nitrogens with zero attached hydrogens (tertiary/aromatic N) is 3. The highest BCUT2D eigenvalue weighted by Crippen LogP contribution is 2.27. The summed E-state index contributed by atoms with van der Waals surface area (Å²) >= 11 is 0. The zero-order valence-corrected chi connectivity index (χ0v) is 12.6. The highest BCUT2D eigenvalue weighted by Gasteiger charge is 2.37. The van der Waals surface area contributed by atoms with Crippen LogP contribution in [0.3, 0.4) is 0 Å². The van der Waals surface area contributed by atoms with Crippen molar-refractivity contribution in [3.05, 3.63) is 18.1 Å². The molecule has 0 radical (unpaired) electrons. The molecule has 0 spiro atoms. The van der Waals surface area contributed by atoms with Crippen LogP contribution in [0.2, 0.25) is 0 Å². The van der Waals surface area contributed by atoms with Crippen LogP contribution < -0.4 is 10.2 Å². The van der Waals surface area contributed by atoms with Crippen LogP contribution in [0.25, 0.3) is 0 Å². The van der Waals surface area contributed by atoms with E-state index in [1.54, 1.807) is 11.1 Å². The fraction of sp³-hybridized carbons (Fsp3) is 0.667. The first-order valence-corrected chi connectivity index (χ1v) is 7.65. The third-order valence-corrected chi connectivity index (χ3v) is 4.34. The Kier molecular flexibility index (Phi) is 4.05. The zero-order chi connectivity index (χ0) is 14.8. The number of hydrogen-bond donors (Lipinski definition) is 1. The van der Waals surface area contributed by atoms with Crippen molar-refractivity contribution in [1.29, 1.82) is 0 Å². The van der Waals surface area contributed by atoms with Gasteiger partial charge in [-0.1, -0.05) is 13.8 Å². The summed E-state index contributed by atoms with van der Waals surface area (Å²) in [6.45, 7) is 6.64. The number of ether oxygens (including phenoxy) is 1. The molecule has 0 unspecified atom stereocenters. The SMILES string of the molecule is CC(C)[C@@H]1COC(=O)N1c1cnc(C2CCNCC2)cn1. The maximum absolute atomic E-state index is 11.9. The number of piperidine rings is 1. The molecule has 2 aliphatic rings. The molecule has 3 heterocycles. The Balaban J connectivity index is 1.78. The number of cyclic esters (lactones) is 1. The van der Waals surface area contributed by atoms with Gasteiger partial charge in [-0.3, -0.25) is 9.88 Å². The third kappa shape index (κ3) is 2.85. The van der Waals surface area contributed by atoms with E-state index < -0.39 is 0 Å². The molecule has 114 valence electrons. The molecule has 1 aromatic heterocycles. The van der Waals surface area contributed by atoms with E-state index in [1.165, 1.54) is 0 Å². The number of nitrogens with one attached hydrogen (secondary N) is 1. The molecular weight excluding hydrogens is 268 g/mol. The average molecular weight is 290 g/mol. The second kappa shape index (κ2) is 5.97. The number of anilines is 1. The molecule has 6 heteroatoms. The number of amides is 1. The maximum Gasteiger partial charge on any atom is 0.415 e. The van der Waals surface area contributed by atoms with E-state index in [0.717, 1.165) is 31.6 Å². The van der Waals surface area contributed by atoms with Crippen LogP contribution in [0.15, 0.2) is 12.4 Å². The van der Waals surface area contributed by atoms with Crippen LogP contribution >= 0.6 is 0 Å². The summed E-state index contributed by atoms with van der Waals surface area (Å²) in [6, 6.07) is 0.0385. The summed E-state index contributed by atoms with van der Waals surface area (Å²) in [7, 11) is 0. The van der Waals surface area contributed by atoms with E-state index in [0.29, 0.717) is 24.3 Å². The van der Waals surface area contributed by atoms with Crippen LogP contribution in [-0.4, -0.2) is 41.8 Å². The Hall–Kier alpha value is -1.69. The molecule has 1 amide bonds. The fourth-order valence-corrected chi connectivity index (χ4v) is 2.97. The van der Waals surface area contributed by atoms with Crippen LogP contribution in [0.5, 0.6) is 0 Å². The van der Waals surface area contributed by atoms with Gasteiger partial charge in [0.25, 0.3) is 0 Å². The largest absolute Gasteiger partial charge is 0.447 e. The summed E-state index contributed by atoms with van der Waals surface area (Å²) in [4.78, 5) is 22.5. The minimum Gasteiger partial charge on any atom is -0.447 e. The average Bonchev–Trinajstić information content (AvgIpc) is 2.90. The molecule has 0 saturated carbocycles. The minimum absolute atomic E-state index is 0.0385. The van der Waals surface area contributed by atoms with Crippen molar-refractivity contribution in [3.8, 4) is 0 Å². The Morgan fingerprint density at radius 2 is 2.05 bits per heavy atom. The number of carbonyl (C=O) groups is 1. The Morgan fingerprint density at radius 1 is 1.29 bits per heavy atom. The van der Waals surface area contributed by atoms with Gasteiger partial charge < -0.3 is 10.1 Å².